The van der Waals surface area contributed by atoms with Gasteiger partial charge in [0.1, 0.15) is 42.4 Å². The number of hydrogen-bond acceptors (Lipinski definition) is 8. The molecule has 14 heteroatoms. The largest absolute Gasteiger partial charge is 0.458 e. The van der Waals surface area contributed by atoms with Gasteiger partial charge in [0.15, 0.2) is 0 Å². The second kappa shape index (κ2) is 17.9. The number of cyclic esters (lactones) is 1. The van der Waals surface area contributed by atoms with Gasteiger partial charge in [-0.1, -0.05) is 66.6 Å². The van der Waals surface area contributed by atoms with E-state index in [0.717, 1.165) is 22.3 Å². The van der Waals surface area contributed by atoms with Gasteiger partial charge in [0.05, 0.1) is 6.42 Å². The summed E-state index contributed by atoms with van der Waals surface area (Å²) in [7, 11) is 0. The van der Waals surface area contributed by atoms with Crippen molar-refractivity contribution in [3.8, 4) is 0 Å². The van der Waals surface area contributed by atoms with Gasteiger partial charge < -0.3 is 35.4 Å². The van der Waals surface area contributed by atoms with E-state index in [2.05, 4.69) is 16.0 Å². The molecule has 0 radical (unpaired) electrons. The number of esters is 1. The van der Waals surface area contributed by atoms with Crippen molar-refractivity contribution in [2.75, 3.05) is 19.6 Å². The Balaban J connectivity index is 1.33. The van der Waals surface area contributed by atoms with Crippen LogP contribution in [0.2, 0.25) is 0 Å². The normalized spacial score (nSPS) is 27.8. The number of carbonyl (C=O) groups is 7. The van der Waals surface area contributed by atoms with Crippen molar-refractivity contribution in [1.82, 2.24) is 30.7 Å². The first kappa shape index (κ1) is 41.4. The minimum Gasteiger partial charge on any atom is -0.458 e. The standard InChI is InChI=1S/C43H56N6O8/c1-25-14-16-30(17-15-25)23-36(50)45-32(22-31-11-8-10-26(2)20-31)38(51)46-37-29(5)57-43(56)35-21-27(3)24-49(35)40(53)28(4)44-39(52)33-12-6-7-18-47(33)41(54)34-13-9-19-48(34)42(37)55/h8,10-11,14-17,20,27-29,32-35,37H,6-7,9,12-13,18-19,21-24H2,1-5H3,(H,44,52)(H,45,50)(H,46,51)/t27-,28+,29+,32+,33+,34+,35+,37+/m1/s1. The summed E-state index contributed by atoms with van der Waals surface area (Å²) in [6.45, 7) is 9.67. The van der Waals surface area contributed by atoms with E-state index in [1.54, 1.807) is 6.92 Å². The van der Waals surface area contributed by atoms with Gasteiger partial charge >= 0.3 is 5.97 Å². The molecule has 3 N–H and O–H groups in total. The Morgan fingerprint density at radius 3 is 2.23 bits per heavy atom. The minimum atomic E-state index is -1.45. The molecular formula is C43H56N6O8. The Hall–Kier alpha value is -5.27. The number of nitrogens with one attached hydrogen (secondary N) is 3. The summed E-state index contributed by atoms with van der Waals surface area (Å²) in [6.07, 6.45) is 1.87. The number of aryl methyl sites for hydroxylation is 2. The van der Waals surface area contributed by atoms with Crippen LogP contribution in [0.3, 0.4) is 0 Å². The van der Waals surface area contributed by atoms with Gasteiger partial charge in [-0.3, -0.25) is 28.8 Å². The first-order valence-electron chi connectivity index (χ1n) is 20.3. The molecule has 6 rings (SSSR count). The average molecular weight is 785 g/mol. The molecule has 2 aromatic rings. The molecule has 4 saturated heterocycles. The molecule has 14 nitrogen and oxygen atoms in total. The SMILES string of the molecule is Cc1ccc(CC(=O)N[C@@H](Cc2cccc(C)c2)C(=O)N[C@@H]2C(=O)N3CCC[C@H]3C(=O)N3CCCC[C@H]3C(=O)N[C@@H](C)C(=O)N3C[C@H](C)C[C@H]3C(=O)O[C@H]2C)cc1. The van der Waals surface area contributed by atoms with Crippen LogP contribution in [0.1, 0.15) is 81.5 Å². The van der Waals surface area contributed by atoms with E-state index in [0.29, 0.717) is 45.1 Å². The van der Waals surface area contributed by atoms with Crippen LogP contribution in [0.25, 0.3) is 0 Å². The van der Waals surface area contributed by atoms with E-state index in [9.17, 15) is 33.6 Å². The number of fused-ring (bicyclic) bond motifs is 3. The number of carbonyl (C=O) groups excluding carboxylic acids is 7. The first-order chi connectivity index (χ1) is 27.2. The van der Waals surface area contributed by atoms with Crippen molar-refractivity contribution in [2.24, 2.45) is 5.92 Å². The van der Waals surface area contributed by atoms with Gasteiger partial charge in [-0.05, 0) is 83.3 Å². The van der Waals surface area contributed by atoms with Gasteiger partial charge in [-0.25, -0.2) is 4.79 Å². The van der Waals surface area contributed by atoms with E-state index in [-0.39, 0.29) is 37.8 Å². The average Bonchev–Trinajstić information content (AvgIpc) is 3.83. The molecule has 0 bridgehead atoms. The summed E-state index contributed by atoms with van der Waals surface area (Å²) in [5.41, 5.74) is 3.56. The molecule has 4 fully saturated rings. The zero-order valence-electron chi connectivity index (χ0n) is 33.6. The van der Waals surface area contributed by atoms with Crippen LogP contribution in [-0.2, 0) is 51.1 Å². The van der Waals surface area contributed by atoms with Crippen molar-refractivity contribution in [1.29, 1.82) is 0 Å². The van der Waals surface area contributed by atoms with Crippen molar-refractivity contribution in [3.63, 3.8) is 0 Å². The second-order valence-corrected chi connectivity index (χ2v) is 16.4. The third kappa shape index (κ3) is 9.65. The minimum absolute atomic E-state index is 0.0228. The van der Waals surface area contributed by atoms with Gasteiger partial charge in [0, 0.05) is 26.1 Å². The first-order valence-corrected chi connectivity index (χ1v) is 20.3. The van der Waals surface area contributed by atoms with Gasteiger partial charge in [0.2, 0.25) is 35.4 Å². The second-order valence-electron chi connectivity index (χ2n) is 16.4. The van der Waals surface area contributed by atoms with E-state index < -0.39 is 77.9 Å². The highest BCUT2D eigenvalue weighted by atomic mass is 16.5. The summed E-state index contributed by atoms with van der Waals surface area (Å²) >= 11 is 0. The molecule has 0 saturated carbocycles. The quantitative estimate of drug-likeness (QED) is 0.358. The maximum Gasteiger partial charge on any atom is 0.329 e. The van der Waals surface area contributed by atoms with Gasteiger partial charge in [0.25, 0.3) is 0 Å². The highest BCUT2D eigenvalue weighted by Crippen LogP contribution is 2.29. The van der Waals surface area contributed by atoms with Crippen LogP contribution in [0.15, 0.2) is 48.5 Å². The van der Waals surface area contributed by atoms with Crippen LogP contribution < -0.4 is 16.0 Å². The Kier molecular flexibility index (Phi) is 13.0. The lowest BCUT2D eigenvalue weighted by Gasteiger charge is -2.39. The Morgan fingerprint density at radius 1 is 0.789 bits per heavy atom. The number of benzene rings is 2. The molecule has 6 amide bonds. The van der Waals surface area contributed by atoms with Crippen molar-refractivity contribution >= 4 is 41.4 Å². The smallest absolute Gasteiger partial charge is 0.329 e. The Morgan fingerprint density at radius 2 is 1.49 bits per heavy atom. The molecular weight excluding hydrogens is 729 g/mol. The molecule has 4 heterocycles. The number of hydrogen-bond donors (Lipinski definition) is 3. The third-order valence-corrected chi connectivity index (χ3v) is 11.7. The lowest BCUT2D eigenvalue weighted by atomic mass is 9.99. The number of amides is 6. The highest BCUT2D eigenvalue weighted by molar-refractivity contribution is 5.98. The van der Waals surface area contributed by atoms with Crippen LogP contribution >= 0.6 is 0 Å². The van der Waals surface area contributed by atoms with Crippen LogP contribution in [0.4, 0.5) is 0 Å². The highest BCUT2D eigenvalue weighted by Gasteiger charge is 2.47. The summed E-state index contributed by atoms with van der Waals surface area (Å²) in [6, 6.07) is 8.83. The van der Waals surface area contributed by atoms with E-state index in [1.165, 1.54) is 21.6 Å². The van der Waals surface area contributed by atoms with Crippen molar-refractivity contribution in [3.05, 3.63) is 70.8 Å². The fraction of sp³-hybridized carbons (Fsp3) is 0.558. The molecule has 2 aromatic carbocycles. The Bertz CT molecular complexity index is 1870. The molecule has 306 valence electrons. The zero-order valence-corrected chi connectivity index (χ0v) is 33.6. The number of nitrogens with zero attached hydrogens (tertiary/aromatic N) is 3. The summed E-state index contributed by atoms with van der Waals surface area (Å²) < 4.78 is 5.98. The predicted octanol–water partition coefficient (Wildman–Crippen LogP) is 2.12. The summed E-state index contributed by atoms with van der Waals surface area (Å²) in [4.78, 5) is 103. The van der Waals surface area contributed by atoms with Crippen molar-refractivity contribution in [2.45, 2.75) is 128 Å². The molecule has 57 heavy (non-hydrogen) atoms. The lowest BCUT2D eigenvalue weighted by Crippen LogP contribution is -2.63. The third-order valence-electron chi connectivity index (χ3n) is 11.7. The molecule has 0 spiro atoms. The fourth-order valence-corrected chi connectivity index (χ4v) is 8.64. The van der Waals surface area contributed by atoms with Gasteiger partial charge in [-0.15, -0.1) is 0 Å². The van der Waals surface area contributed by atoms with E-state index in [1.807, 2.05) is 69.3 Å². The van der Waals surface area contributed by atoms with Gasteiger partial charge in [-0.2, -0.15) is 0 Å². The molecule has 4 aliphatic rings. The number of ether oxygens (including phenoxy) is 1. The van der Waals surface area contributed by atoms with E-state index in [4.69, 9.17) is 4.74 Å². The lowest BCUT2D eigenvalue weighted by molar-refractivity contribution is -0.163. The molecule has 0 aliphatic carbocycles. The fourth-order valence-electron chi connectivity index (χ4n) is 8.64. The number of piperidine rings is 1. The number of rotatable bonds is 7. The summed E-state index contributed by atoms with van der Waals surface area (Å²) in [5.74, 6) is -3.76. The van der Waals surface area contributed by atoms with Crippen LogP contribution in [0, 0.1) is 19.8 Å². The predicted molar refractivity (Wildman–Crippen MR) is 210 cm³/mol. The summed E-state index contributed by atoms with van der Waals surface area (Å²) in [5, 5.41) is 8.52. The molecule has 0 aromatic heterocycles. The maximum absolute atomic E-state index is 14.8. The maximum atomic E-state index is 14.8. The Labute approximate surface area is 334 Å². The van der Waals surface area contributed by atoms with Crippen LogP contribution in [0.5, 0.6) is 0 Å². The topological polar surface area (TPSA) is 175 Å². The van der Waals surface area contributed by atoms with Crippen molar-refractivity contribution < 1.29 is 38.3 Å². The molecule has 4 aliphatic heterocycles. The van der Waals surface area contributed by atoms with E-state index >= 15 is 0 Å². The monoisotopic (exact) mass is 784 g/mol. The zero-order chi connectivity index (χ0) is 41.0. The molecule has 8 atom stereocenters. The van der Waals surface area contributed by atoms with Crippen LogP contribution in [-0.4, -0.2) is 118 Å². The molecule has 0 unspecified atom stereocenters.